The maximum atomic E-state index is 10.9. The summed E-state index contributed by atoms with van der Waals surface area (Å²) in [4.78, 5) is 21.3. The summed E-state index contributed by atoms with van der Waals surface area (Å²) in [6.07, 6.45) is 0. The van der Waals surface area contributed by atoms with E-state index in [1.165, 1.54) is 6.07 Å². The Balaban J connectivity index is 3.03. The number of nitro benzene ring substituents is 1. The predicted octanol–water partition coefficient (Wildman–Crippen LogP) is 2.42. The third kappa shape index (κ3) is 2.97. The van der Waals surface area contributed by atoms with Gasteiger partial charge in [0.2, 0.25) is 0 Å². The van der Waals surface area contributed by atoms with Gasteiger partial charge in [-0.3, -0.25) is 14.9 Å². The fraction of sp³-hybridized carbons (Fsp3) is 0.417. The second-order valence-corrected chi connectivity index (χ2v) is 4.29. The molecule has 0 aliphatic rings. The average Bonchev–Trinajstić information content (AvgIpc) is 2.30. The molecular formula is C12H16N2O4. The summed E-state index contributed by atoms with van der Waals surface area (Å²) in [5, 5.41) is 22.7. The van der Waals surface area contributed by atoms with Crippen LogP contribution in [-0.4, -0.2) is 22.0 Å². The van der Waals surface area contributed by atoms with Crippen LogP contribution in [0.25, 0.3) is 0 Å². The third-order valence-corrected chi connectivity index (χ3v) is 2.96. The summed E-state index contributed by atoms with van der Waals surface area (Å²) in [5.41, 5.74) is 1.05. The van der Waals surface area contributed by atoms with Gasteiger partial charge in [-0.25, -0.2) is 0 Å². The van der Waals surface area contributed by atoms with Crippen LogP contribution < -0.4 is 5.32 Å². The first-order valence-electron chi connectivity index (χ1n) is 5.58. The van der Waals surface area contributed by atoms with Crippen LogP contribution in [0.15, 0.2) is 18.2 Å². The van der Waals surface area contributed by atoms with Gasteiger partial charge in [-0.2, -0.15) is 0 Å². The minimum atomic E-state index is -0.939. The normalized spacial score (nSPS) is 13.7. The SMILES string of the molecule is Cc1cccc([N+](=O)[O-])c1NC(C)C(C)C(=O)O. The van der Waals surface area contributed by atoms with Crippen LogP contribution in [0.2, 0.25) is 0 Å². The van der Waals surface area contributed by atoms with Crippen molar-refractivity contribution in [2.24, 2.45) is 5.92 Å². The molecule has 6 heteroatoms. The van der Waals surface area contributed by atoms with Crippen molar-refractivity contribution in [1.29, 1.82) is 0 Å². The minimum Gasteiger partial charge on any atom is -0.481 e. The lowest BCUT2D eigenvalue weighted by molar-refractivity contribution is -0.384. The standard InChI is InChI=1S/C12H16N2O4/c1-7-5-4-6-10(14(17)18)11(7)13-9(3)8(2)12(15)16/h4-6,8-9,13H,1-3H3,(H,15,16). The zero-order valence-corrected chi connectivity index (χ0v) is 10.5. The van der Waals surface area contributed by atoms with Crippen molar-refractivity contribution in [3.8, 4) is 0 Å². The highest BCUT2D eigenvalue weighted by Crippen LogP contribution is 2.29. The van der Waals surface area contributed by atoms with Gasteiger partial charge in [0.15, 0.2) is 0 Å². The van der Waals surface area contributed by atoms with Crippen LogP contribution in [0.4, 0.5) is 11.4 Å². The lowest BCUT2D eigenvalue weighted by Crippen LogP contribution is -2.30. The number of nitro groups is 1. The summed E-state index contributed by atoms with van der Waals surface area (Å²) in [5.74, 6) is -1.57. The predicted molar refractivity (Wildman–Crippen MR) is 67.7 cm³/mol. The van der Waals surface area contributed by atoms with Gasteiger partial charge in [-0.1, -0.05) is 12.1 Å². The molecule has 0 fully saturated rings. The fourth-order valence-electron chi connectivity index (χ4n) is 1.56. The van der Waals surface area contributed by atoms with E-state index in [1.807, 2.05) is 0 Å². The Kier molecular flexibility index (Phi) is 4.25. The van der Waals surface area contributed by atoms with Gasteiger partial charge in [-0.05, 0) is 26.3 Å². The van der Waals surface area contributed by atoms with Gasteiger partial charge in [0.05, 0.1) is 10.8 Å². The van der Waals surface area contributed by atoms with Gasteiger partial charge < -0.3 is 10.4 Å². The van der Waals surface area contributed by atoms with E-state index >= 15 is 0 Å². The van der Waals surface area contributed by atoms with Gasteiger partial charge in [0.1, 0.15) is 5.69 Å². The Morgan fingerprint density at radius 3 is 2.56 bits per heavy atom. The molecule has 0 radical (unpaired) electrons. The first kappa shape index (κ1) is 14.0. The van der Waals surface area contributed by atoms with E-state index in [4.69, 9.17) is 5.11 Å². The van der Waals surface area contributed by atoms with Crippen molar-refractivity contribution in [3.63, 3.8) is 0 Å². The van der Waals surface area contributed by atoms with Crippen molar-refractivity contribution in [3.05, 3.63) is 33.9 Å². The quantitative estimate of drug-likeness (QED) is 0.620. The number of nitrogens with one attached hydrogen (secondary N) is 1. The summed E-state index contributed by atoms with van der Waals surface area (Å²) in [6, 6.07) is 4.34. The Morgan fingerprint density at radius 1 is 1.44 bits per heavy atom. The van der Waals surface area contributed by atoms with E-state index in [9.17, 15) is 14.9 Å². The average molecular weight is 252 g/mol. The molecule has 0 heterocycles. The Hall–Kier alpha value is -2.11. The van der Waals surface area contributed by atoms with Gasteiger partial charge in [0, 0.05) is 12.1 Å². The largest absolute Gasteiger partial charge is 0.481 e. The molecule has 0 aromatic heterocycles. The van der Waals surface area contributed by atoms with Crippen LogP contribution in [0.5, 0.6) is 0 Å². The number of carboxylic acid groups (broad SMARTS) is 1. The number of benzene rings is 1. The maximum absolute atomic E-state index is 10.9. The molecular weight excluding hydrogens is 236 g/mol. The van der Waals surface area contributed by atoms with Crippen LogP contribution in [-0.2, 0) is 4.79 Å². The summed E-state index contributed by atoms with van der Waals surface area (Å²) in [7, 11) is 0. The van der Waals surface area contributed by atoms with E-state index in [-0.39, 0.29) is 5.69 Å². The topological polar surface area (TPSA) is 92.5 Å². The van der Waals surface area contributed by atoms with E-state index in [0.29, 0.717) is 11.3 Å². The Labute approximate surface area is 105 Å². The Morgan fingerprint density at radius 2 is 2.06 bits per heavy atom. The van der Waals surface area contributed by atoms with Crippen LogP contribution in [0.3, 0.4) is 0 Å². The summed E-state index contributed by atoms with van der Waals surface area (Å²) < 4.78 is 0. The molecule has 6 nitrogen and oxygen atoms in total. The van der Waals surface area contributed by atoms with Crippen molar-refractivity contribution >= 4 is 17.3 Å². The van der Waals surface area contributed by atoms with E-state index in [2.05, 4.69) is 5.32 Å². The highest BCUT2D eigenvalue weighted by molar-refractivity contribution is 5.72. The fourth-order valence-corrected chi connectivity index (χ4v) is 1.56. The minimum absolute atomic E-state index is 0.0422. The zero-order chi connectivity index (χ0) is 13.9. The molecule has 0 saturated heterocycles. The first-order valence-corrected chi connectivity index (χ1v) is 5.58. The molecule has 0 aliphatic carbocycles. The number of hydrogen-bond acceptors (Lipinski definition) is 4. The lowest BCUT2D eigenvalue weighted by Gasteiger charge is -2.20. The number of rotatable bonds is 5. The van der Waals surface area contributed by atoms with Crippen LogP contribution in [0, 0.1) is 23.0 Å². The molecule has 98 valence electrons. The van der Waals surface area contributed by atoms with Crippen molar-refractivity contribution in [1.82, 2.24) is 0 Å². The first-order chi connectivity index (χ1) is 8.34. The molecule has 0 aliphatic heterocycles. The maximum Gasteiger partial charge on any atom is 0.308 e. The smallest absolute Gasteiger partial charge is 0.308 e. The zero-order valence-electron chi connectivity index (χ0n) is 10.5. The number of aliphatic carboxylic acids is 1. The van der Waals surface area contributed by atoms with Crippen LogP contribution in [0.1, 0.15) is 19.4 Å². The molecule has 1 aromatic carbocycles. The van der Waals surface area contributed by atoms with E-state index < -0.39 is 22.9 Å². The van der Waals surface area contributed by atoms with E-state index in [0.717, 1.165) is 0 Å². The van der Waals surface area contributed by atoms with Crippen molar-refractivity contribution in [2.45, 2.75) is 26.8 Å². The van der Waals surface area contributed by atoms with Gasteiger partial charge >= 0.3 is 5.97 Å². The molecule has 0 bridgehead atoms. The highest BCUT2D eigenvalue weighted by Gasteiger charge is 2.23. The van der Waals surface area contributed by atoms with Crippen molar-refractivity contribution < 1.29 is 14.8 Å². The van der Waals surface area contributed by atoms with E-state index in [1.54, 1.807) is 32.9 Å². The molecule has 0 saturated carbocycles. The number of para-hydroxylation sites is 1. The van der Waals surface area contributed by atoms with Gasteiger partial charge in [-0.15, -0.1) is 0 Å². The molecule has 1 rings (SSSR count). The number of carboxylic acids is 1. The Bertz CT molecular complexity index is 473. The number of carbonyl (C=O) groups is 1. The molecule has 2 unspecified atom stereocenters. The van der Waals surface area contributed by atoms with Crippen LogP contribution >= 0.6 is 0 Å². The number of nitrogens with zero attached hydrogens (tertiary/aromatic N) is 1. The molecule has 18 heavy (non-hydrogen) atoms. The number of aryl methyl sites for hydroxylation is 1. The number of anilines is 1. The van der Waals surface area contributed by atoms with Gasteiger partial charge in [0.25, 0.3) is 5.69 Å². The molecule has 0 spiro atoms. The summed E-state index contributed by atoms with van der Waals surface area (Å²) in [6.45, 7) is 4.99. The molecule has 1 aromatic rings. The molecule has 0 amide bonds. The third-order valence-electron chi connectivity index (χ3n) is 2.96. The summed E-state index contributed by atoms with van der Waals surface area (Å²) >= 11 is 0. The number of hydrogen-bond donors (Lipinski definition) is 2. The molecule has 2 N–H and O–H groups in total. The second kappa shape index (κ2) is 5.48. The monoisotopic (exact) mass is 252 g/mol. The molecule has 2 atom stereocenters. The lowest BCUT2D eigenvalue weighted by atomic mass is 10.0. The second-order valence-electron chi connectivity index (χ2n) is 4.29. The van der Waals surface area contributed by atoms with Crippen molar-refractivity contribution in [2.75, 3.05) is 5.32 Å². The highest BCUT2D eigenvalue weighted by atomic mass is 16.6.